The van der Waals surface area contributed by atoms with Crippen molar-refractivity contribution in [2.75, 3.05) is 0 Å². The Labute approximate surface area is 75.0 Å². The van der Waals surface area contributed by atoms with Crippen LogP contribution in [0, 0.1) is 5.82 Å². The van der Waals surface area contributed by atoms with Crippen molar-refractivity contribution in [3.63, 3.8) is 0 Å². The van der Waals surface area contributed by atoms with Crippen molar-refractivity contribution in [3.8, 4) is 0 Å². The highest BCUT2D eigenvalue weighted by Crippen LogP contribution is 2.31. The van der Waals surface area contributed by atoms with Crippen molar-refractivity contribution in [3.05, 3.63) is 29.3 Å². The number of carboxylic acid groups (broad SMARTS) is 1. The first-order valence-electron chi connectivity index (χ1n) is 3.28. The van der Waals surface area contributed by atoms with Crippen LogP contribution >= 0.6 is 0 Å². The number of aromatic nitrogens is 1. The van der Waals surface area contributed by atoms with Gasteiger partial charge in [0.15, 0.2) is 5.82 Å². The van der Waals surface area contributed by atoms with Gasteiger partial charge in [-0.05, 0) is 0 Å². The molecule has 1 aromatic rings. The largest absolute Gasteiger partial charge is 0.478 e. The molecule has 1 rings (SSSR count). The van der Waals surface area contributed by atoms with E-state index in [1.54, 1.807) is 0 Å². The molecule has 0 radical (unpaired) electrons. The van der Waals surface area contributed by atoms with E-state index in [0.29, 0.717) is 6.20 Å². The lowest BCUT2D eigenvalue weighted by atomic mass is 10.2. The predicted molar refractivity (Wildman–Crippen MR) is 36.2 cm³/mol. The highest BCUT2D eigenvalue weighted by molar-refractivity contribution is 5.87. The molecule has 14 heavy (non-hydrogen) atoms. The Balaban J connectivity index is 3.35. The number of carboxylic acids is 1. The fraction of sp³-hybridized carbons (Fsp3) is 0.143. The molecule has 0 amide bonds. The average Bonchev–Trinajstić information content (AvgIpc) is 2.01. The van der Waals surface area contributed by atoms with Gasteiger partial charge >= 0.3 is 12.1 Å². The van der Waals surface area contributed by atoms with E-state index in [2.05, 4.69) is 4.98 Å². The van der Waals surface area contributed by atoms with Crippen LogP contribution in [0.25, 0.3) is 0 Å². The molecule has 0 aromatic carbocycles. The zero-order valence-corrected chi connectivity index (χ0v) is 6.47. The number of carbonyl (C=O) groups is 1. The second kappa shape index (κ2) is 3.24. The van der Waals surface area contributed by atoms with Gasteiger partial charge in [0, 0.05) is 12.4 Å². The van der Waals surface area contributed by atoms with Gasteiger partial charge in [0.05, 0.1) is 0 Å². The maximum Gasteiger partial charge on any atom is 0.420 e. The van der Waals surface area contributed by atoms with Crippen LogP contribution in [0.15, 0.2) is 12.4 Å². The number of pyridine rings is 1. The fourth-order valence-electron chi connectivity index (χ4n) is 0.792. The van der Waals surface area contributed by atoms with Crippen LogP contribution < -0.4 is 0 Å². The Morgan fingerprint density at radius 2 is 1.93 bits per heavy atom. The Hall–Kier alpha value is -1.66. The number of nitrogens with zero attached hydrogens (tertiary/aromatic N) is 1. The van der Waals surface area contributed by atoms with Crippen LogP contribution in [0.3, 0.4) is 0 Å². The Bertz CT molecular complexity index is 374. The van der Waals surface area contributed by atoms with Crippen molar-refractivity contribution in [2.24, 2.45) is 0 Å². The number of aromatic carboxylic acids is 1. The molecular weight excluding hydrogens is 206 g/mol. The molecule has 0 fully saturated rings. The zero-order valence-electron chi connectivity index (χ0n) is 6.47. The van der Waals surface area contributed by atoms with Crippen LogP contribution in [-0.2, 0) is 6.18 Å². The lowest BCUT2D eigenvalue weighted by Gasteiger charge is -2.07. The van der Waals surface area contributed by atoms with E-state index in [1.165, 1.54) is 0 Å². The molecule has 0 bridgehead atoms. The number of hydrogen-bond donors (Lipinski definition) is 1. The third kappa shape index (κ3) is 1.81. The summed E-state index contributed by atoms with van der Waals surface area (Å²) in [6.45, 7) is 0. The maximum atomic E-state index is 12.9. The average molecular weight is 209 g/mol. The molecule has 1 heterocycles. The lowest BCUT2D eigenvalue weighted by Crippen LogP contribution is -2.13. The van der Waals surface area contributed by atoms with E-state index in [-0.39, 0.29) is 6.20 Å². The van der Waals surface area contributed by atoms with E-state index in [9.17, 15) is 22.4 Å². The monoisotopic (exact) mass is 209 g/mol. The van der Waals surface area contributed by atoms with Crippen LogP contribution in [-0.4, -0.2) is 16.1 Å². The van der Waals surface area contributed by atoms with Crippen LogP contribution in [0.4, 0.5) is 17.6 Å². The van der Waals surface area contributed by atoms with Gasteiger partial charge in [0.2, 0.25) is 0 Å². The number of hydrogen-bond acceptors (Lipinski definition) is 2. The van der Waals surface area contributed by atoms with Gasteiger partial charge in [0.1, 0.15) is 11.1 Å². The minimum Gasteiger partial charge on any atom is -0.478 e. The van der Waals surface area contributed by atoms with Crippen molar-refractivity contribution in [1.82, 2.24) is 4.98 Å². The number of halogens is 4. The lowest BCUT2D eigenvalue weighted by molar-refractivity contribution is -0.140. The molecule has 0 saturated carbocycles. The van der Waals surface area contributed by atoms with E-state index < -0.39 is 29.1 Å². The fourth-order valence-corrected chi connectivity index (χ4v) is 0.792. The molecule has 0 aliphatic heterocycles. The molecule has 7 heteroatoms. The molecular formula is C7H3F4NO2. The molecule has 0 unspecified atom stereocenters. The molecule has 1 aromatic heterocycles. The molecule has 0 saturated heterocycles. The van der Waals surface area contributed by atoms with Gasteiger partial charge in [-0.15, -0.1) is 0 Å². The smallest absolute Gasteiger partial charge is 0.420 e. The van der Waals surface area contributed by atoms with Crippen molar-refractivity contribution in [2.45, 2.75) is 6.18 Å². The van der Waals surface area contributed by atoms with Gasteiger partial charge in [-0.3, -0.25) is 4.98 Å². The first kappa shape index (κ1) is 10.4. The maximum absolute atomic E-state index is 12.9. The Morgan fingerprint density at radius 3 is 2.36 bits per heavy atom. The summed E-state index contributed by atoms with van der Waals surface area (Å²) < 4.78 is 48.9. The standard InChI is InChI=1S/C7H3F4NO2/c8-5-3(6(13)14)1-12-2-4(5)7(9,10)11/h1-2H,(H,13,14). The summed E-state index contributed by atoms with van der Waals surface area (Å²) in [6.07, 6.45) is -4.18. The normalized spacial score (nSPS) is 11.4. The van der Waals surface area contributed by atoms with Crippen LogP contribution in [0.1, 0.15) is 15.9 Å². The summed E-state index contributed by atoms with van der Waals surface area (Å²) in [6, 6.07) is 0. The van der Waals surface area contributed by atoms with Crippen molar-refractivity contribution >= 4 is 5.97 Å². The van der Waals surface area contributed by atoms with Gasteiger partial charge in [-0.1, -0.05) is 0 Å². The first-order chi connectivity index (χ1) is 6.34. The molecule has 76 valence electrons. The minimum atomic E-state index is -4.94. The molecule has 0 aliphatic rings. The molecule has 1 N–H and O–H groups in total. The van der Waals surface area contributed by atoms with Crippen molar-refractivity contribution < 1.29 is 27.5 Å². The summed E-state index contributed by atoms with van der Waals surface area (Å²) in [4.78, 5) is 13.2. The van der Waals surface area contributed by atoms with E-state index in [1.807, 2.05) is 0 Å². The minimum absolute atomic E-state index is 0.238. The van der Waals surface area contributed by atoms with Gasteiger partial charge in [0.25, 0.3) is 0 Å². The van der Waals surface area contributed by atoms with Crippen LogP contribution in [0.2, 0.25) is 0 Å². The highest BCUT2D eigenvalue weighted by Gasteiger charge is 2.36. The van der Waals surface area contributed by atoms with Crippen molar-refractivity contribution in [1.29, 1.82) is 0 Å². The summed E-state index contributed by atoms with van der Waals surface area (Å²) in [5.41, 5.74) is -2.78. The summed E-state index contributed by atoms with van der Waals surface area (Å²) >= 11 is 0. The summed E-state index contributed by atoms with van der Waals surface area (Å²) in [5.74, 6) is -3.61. The quantitative estimate of drug-likeness (QED) is 0.719. The second-order valence-corrected chi connectivity index (χ2v) is 2.35. The third-order valence-electron chi connectivity index (χ3n) is 1.42. The SMILES string of the molecule is O=C(O)c1cncc(C(F)(F)F)c1F. The van der Waals surface area contributed by atoms with E-state index in [4.69, 9.17) is 5.11 Å². The van der Waals surface area contributed by atoms with E-state index >= 15 is 0 Å². The number of rotatable bonds is 1. The number of alkyl halides is 3. The van der Waals surface area contributed by atoms with Gasteiger partial charge < -0.3 is 5.11 Å². The third-order valence-corrected chi connectivity index (χ3v) is 1.42. The second-order valence-electron chi connectivity index (χ2n) is 2.35. The highest BCUT2D eigenvalue weighted by atomic mass is 19.4. The topological polar surface area (TPSA) is 50.2 Å². The first-order valence-corrected chi connectivity index (χ1v) is 3.28. The molecule has 3 nitrogen and oxygen atoms in total. The molecule has 0 atom stereocenters. The Morgan fingerprint density at radius 1 is 1.36 bits per heavy atom. The van der Waals surface area contributed by atoms with E-state index in [0.717, 1.165) is 0 Å². The summed E-state index contributed by atoms with van der Waals surface area (Å²) in [5, 5.41) is 8.31. The Kier molecular flexibility index (Phi) is 2.41. The van der Waals surface area contributed by atoms with Crippen LogP contribution in [0.5, 0.6) is 0 Å². The molecule has 0 aliphatic carbocycles. The summed E-state index contributed by atoms with van der Waals surface area (Å²) in [7, 11) is 0. The van der Waals surface area contributed by atoms with Gasteiger partial charge in [-0.25, -0.2) is 9.18 Å². The van der Waals surface area contributed by atoms with Gasteiger partial charge in [-0.2, -0.15) is 13.2 Å². The molecule has 0 spiro atoms. The predicted octanol–water partition coefficient (Wildman–Crippen LogP) is 1.94. The zero-order chi connectivity index (χ0) is 10.9.